The number of rotatable bonds is 8. The van der Waals surface area contributed by atoms with Gasteiger partial charge in [-0.05, 0) is 18.4 Å². The van der Waals surface area contributed by atoms with Gasteiger partial charge in [-0.1, -0.05) is 56.0 Å². The molecule has 1 aromatic carbocycles. The summed E-state index contributed by atoms with van der Waals surface area (Å²) >= 11 is 0. The Bertz CT molecular complexity index is 433. The highest BCUT2D eigenvalue weighted by molar-refractivity contribution is 5.76. The van der Waals surface area contributed by atoms with Crippen molar-refractivity contribution in [3.05, 3.63) is 35.9 Å². The first-order valence-electron chi connectivity index (χ1n) is 6.97. The number of carbonyl (C=O) groups is 1. The van der Waals surface area contributed by atoms with Crippen molar-refractivity contribution >= 4 is 5.97 Å². The Balaban J connectivity index is 2.61. The molecule has 20 heavy (non-hydrogen) atoms. The van der Waals surface area contributed by atoms with Gasteiger partial charge in [-0.2, -0.15) is 0 Å². The smallest absolute Gasteiger partial charge is 0.341 e. The molecule has 0 N–H and O–H groups in total. The summed E-state index contributed by atoms with van der Waals surface area (Å²) in [5.74, 6) is 2.09. The van der Waals surface area contributed by atoms with Gasteiger partial charge in [0.15, 0.2) is 12.2 Å². The van der Waals surface area contributed by atoms with Crippen LogP contribution in [0.1, 0.15) is 44.3 Å². The fourth-order valence-electron chi connectivity index (χ4n) is 1.95. The lowest BCUT2D eigenvalue weighted by atomic mass is 10.1. The molecule has 108 valence electrons. The number of terminal acetylenes is 1. The lowest BCUT2D eigenvalue weighted by molar-refractivity contribution is -0.159. The zero-order chi connectivity index (χ0) is 14.8. The van der Waals surface area contributed by atoms with Crippen LogP contribution in [0.5, 0.6) is 0 Å². The highest BCUT2D eigenvalue weighted by atomic mass is 16.6. The van der Waals surface area contributed by atoms with E-state index in [0.717, 1.165) is 24.8 Å². The zero-order valence-corrected chi connectivity index (χ0v) is 12.2. The van der Waals surface area contributed by atoms with E-state index < -0.39 is 18.2 Å². The van der Waals surface area contributed by atoms with E-state index >= 15 is 0 Å². The van der Waals surface area contributed by atoms with Gasteiger partial charge in [0.25, 0.3) is 0 Å². The molecule has 2 atom stereocenters. The summed E-state index contributed by atoms with van der Waals surface area (Å²) in [5.41, 5.74) is 0.768. The van der Waals surface area contributed by atoms with Crippen LogP contribution in [-0.4, -0.2) is 19.2 Å². The van der Waals surface area contributed by atoms with Crippen molar-refractivity contribution in [2.45, 2.75) is 44.8 Å². The van der Waals surface area contributed by atoms with Crippen LogP contribution in [0.4, 0.5) is 0 Å². The summed E-state index contributed by atoms with van der Waals surface area (Å²) < 4.78 is 10.6. The molecule has 0 aliphatic heterocycles. The first-order valence-corrected chi connectivity index (χ1v) is 6.97. The number of ether oxygens (including phenoxy) is 2. The van der Waals surface area contributed by atoms with E-state index in [9.17, 15) is 4.79 Å². The molecule has 0 aliphatic carbocycles. The second kappa shape index (κ2) is 9.17. The SMILES string of the molecule is C#C[C@@H](CCCCC)OC(=O)[C@H](OC)c1ccccc1. The molecule has 0 bridgehead atoms. The van der Waals surface area contributed by atoms with Gasteiger partial charge < -0.3 is 9.47 Å². The third kappa shape index (κ3) is 5.07. The van der Waals surface area contributed by atoms with Crippen LogP contribution in [0.3, 0.4) is 0 Å². The predicted octanol–water partition coefficient (Wildman–Crippen LogP) is 3.50. The Hall–Kier alpha value is -1.79. The molecule has 1 rings (SSSR count). The van der Waals surface area contributed by atoms with Crippen LogP contribution in [0, 0.1) is 12.3 Å². The van der Waals surface area contributed by atoms with Gasteiger partial charge in [0.2, 0.25) is 0 Å². The van der Waals surface area contributed by atoms with Crippen LogP contribution in [0.15, 0.2) is 30.3 Å². The Kier molecular flexibility index (Phi) is 7.46. The number of benzene rings is 1. The maximum absolute atomic E-state index is 12.1. The van der Waals surface area contributed by atoms with Crippen molar-refractivity contribution in [1.82, 2.24) is 0 Å². The molecule has 0 radical (unpaired) electrons. The number of carbonyl (C=O) groups excluding carboxylic acids is 1. The molecule has 0 saturated heterocycles. The van der Waals surface area contributed by atoms with Crippen LogP contribution in [0.2, 0.25) is 0 Å². The standard InChI is InChI=1S/C17H22O3/c1-4-6-8-13-15(5-2)20-17(18)16(19-3)14-11-9-7-10-12-14/h2,7,9-12,15-16H,4,6,8,13H2,1,3H3/t15-,16+/m0/s1. The summed E-state index contributed by atoms with van der Waals surface area (Å²) in [4.78, 5) is 12.1. The lowest BCUT2D eigenvalue weighted by Gasteiger charge is -2.18. The van der Waals surface area contributed by atoms with E-state index in [4.69, 9.17) is 15.9 Å². The van der Waals surface area contributed by atoms with Crippen LogP contribution in [0.25, 0.3) is 0 Å². The van der Waals surface area contributed by atoms with Crippen molar-refractivity contribution in [2.24, 2.45) is 0 Å². The molecule has 1 aromatic rings. The first-order chi connectivity index (χ1) is 9.72. The topological polar surface area (TPSA) is 35.5 Å². The van der Waals surface area contributed by atoms with E-state index in [1.54, 1.807) is 0 Å². The molecule has 0 unspecified atom stereocenters. The summed E-state index contributed by atoms with van der Waals surface area (Å²) in [7, 11) is 1.49. The van der Waals surface area contributed by atoms with E-state index in [2.05, 4.69) is 12.8 Å². The molecule has 0 spiro atoms. The van der Waals surface area contributed by atoms with E-state index in [1.165, 1.54) is 7.11 Å². The Labute approximate surface area is 121 Å². The molecule has 3 nitrogen and oxygen atoms in total. The minimum absolute atomic E-state index is 0.432. The third-order valence-electron chi connectivity index (χ3n) is 3.07. The predicted molar refractivity (Wildman–Crippen MR) is 79.0 cm³/mol. The molecule has 0 aromatic heterocycles. The van der Waals surface area contributed by atoms with Gasteiger partial charge >= 0.3 is 5.97 Å². The van der Waals surface area contributed by atoms with Crippen molar-refractivity contribution in [1.29, 1.82) is 0 Å². The van der Waals surface area contributed by atoms with Gasteiger partial charge in [-0.15, -0.1) is 6.42 Å². The highest BCUT2D eigenvalue weighted by Gasteiger charge is 2.23. The van der Waals surface area contributed by atoms with Gasteiger partial charge in [-0.3, -0.25) is 0 Å². The lowest BCUT2D eigenvalue weighted by Crippen LogP contribution is -2.23. The number of unbranched alkanes of at least 4 members (excludes halogenated alkanes) is 2. The normalized spacial score (nSPS) is 13.2. The molecule has 0 aliphatic rings. The Morgan fingerprint density at radius 1 is 1.30 bits per heavy atom. The average molecular weight is 274 g/mol. The van der Waals surface area contributed by atoms with E-state index in [-0.39, 0.29) is 0 Å². The average Bonchev–Trinajstić information content (AvgIpc) is 2.48. The number of hydrogen-bond acceptors (Lipinski definition) is 3. The second-order valence-electron chi connectivity index (χ2n) is 4.61. The second-order valence-corrected chi connectivity index (χ2v) is 4.61. The monoisotopic (exact) mass is 274 g/mol. The fourth-order valence-corrected chi connectivity index (χ4v) is 1.95. The minimum atomic E-state index is -0.724. The van der Waals surface area contributed by atoms with E-state index in [1.807, 2.05) is 30.3 Å². The molecular formula is C17H22O3. The van der Waals surface area contributed by atoms with Crippen molar-refractivity contribution in [3.8, 4) is 12.3 Å². The molecular weight excluding hydrogens is 252 g/mol. The largest absolute Gasteiger partial charge is 0.447 e. The maximum Gasteiger partial charge on any atom is 0.341 e. The third-order valence-corrected chi connectivity index (χ3v) is 3.07. The Morgan fingerprint density at radius 3 is 2.55 bits per heavy atom. The number of methoxy groups -OCH3 is 1. The highest BCUT2D eigenvalue weighted by Crippen LogP contribution is 2.19. The Morgan fingerprint density at radius 2 is 2.00 bits per heavy atom. The van der Waals surface area contributed by atoms with Crippen molar-refractivity contribution in [2.75, 3.05) is 7.11 Å². The molecule has 0 heterocycles. The first kappa shape index (κ1) is 16.3. The van der Waals surface area contributed by atoms with Crippen molar-refractivity contribution in [3.63, 3.8) is 0 Å². The van der Waals surface area contributed by atoms with Gasteiger partial charge in [-0.25, -0.2) is 4.79 Å². The number of hydrogen-bond donors (Lipinski definition) is 0. The van der Waals surface area contributed by atoms with Gasteiger partial charge in [0.05, 0.1) is 0 Å². The van der Waals surface area contributed by atoms with Crippen LogP contribution in [-0.2, 0) is 14.3 Å². The summed E-state index contributed by atoms with van der Waals surface area (Å²) in [6.07, 6.45) is 8.06. The van der Waals surface area contributed by atoms with E-state index in [0.29, 0.717) is 6.42 Å². The summed E-state index contributed by atoms with van der Waals surface area (Å²) in [5, 5.41) is 0. The maximum atomic E-state index is 12.1. The van der Waals surface area contributed by atoms with Gasteiger partial charge in [0, 0.05) is 7.11 Å². The summed E-state index contributed by atoms with van der Waals surface area (Å²) in [6, 6.07) is 9.26. The minimum Gasteiger partial charge on any atom is -0.447 e. The number of esters is 1. The van der Waals surface area contributed by atoms with Crippen LogP contribution >= 0.6 is 0 Å². The molecule has 0 amide bonds. The fraction of sp³-hybridized carbons (Fsp3) is 0.471. The van der Waals surface area contributed by atoms with Crippen LogP contribution < -0.4 is 0 Å². The quantitative estimate of drug-likeness (QED) is 0.413. The molecule has 0 fully saturated rings. The summed E-state index contributed by atoms with van der Waals surface area (Å²) in [6.45, 7) is 2.12. The van der Waals surface area contributed by atoms with Gasteiger partial charge in [0.1, 0.15) is 0 Å². The van der Waals surface area contributed by atoms with Crippen molar-refractivity contribution < 1.29 is 14.3 Å². The zero-order valence-electron chi connectivity index (χ0n) is 12.2. The molecule has 0 saturated carbocycles. The molecule has 3 heteroatoms.